The molecule has 1 unspecified atom stereocenters. The van der Waals surface area contributed by atoms with E-state index in [0.29, 0.717) is 41.2 Å². The lowest BCUT2D eigenvalue weighted by Gasteiger charge is -2.20. The number of hydrazine groups is 1. The van der Waals surface area contributed by atoms with E-state index in [0.717, 1.165) is 30.9 Å². The maximum Gasteiger partial charge on any atom is 0.345 e. The van der Waals surface area contributed by atoms with E-state index in [-0.39, 0.29) is 12.4 Å². The van der Waals surface area contributed by atoms with Crippen molar-refractivity contribution in [1.82, 2.24) is 18.7 Å². The van der Waals surface area contributed by atoms with Crippen molar-refractivity contribution in [2.45, 2.75) is 13.0 Å². The zero-order valence-electron chi connectivity index (χ0n) is 19.1. The van der Waals surface area contributed by atoms with E-state index in [1.54, 1.807) is 34.2 Å². The van der Waals surface area contributed by atoms with Crippen molar-refractivity contribution in [3.8, 4) is 5.75 Å². The smallest absolute Gasteiger partial charge is 0.345 e. The zero-order chi connectivity index (χ0) is 23.4. The number of furan rings is 1. The van der Waals surface area contributed by atoms with Gasteiger partial charge in [0.25, 0.3) is 0 Å². The number of rotatable bonds is 5. The van der Waals surface area contributed by atoms with Gasteiger partial charge in [0.05, 0.1) is 13.4 Å². The number of methoxy groups -OCH3 is 1. The summed E-state index contributed by atoms with van der Waals surface area (Å²) in [7, 11) is 3.40. The molecule has 0 bridgehead atoms. The summed E-state index contributed by atoms with van der Waals surface area (Å²) in [6.45, 7) is 2.63. The van der Waals surface area contributed by atoms with Crippen LogP contribution in [0.1, 0.15) is 17.9 Å². The van der Waals surface area contributed by atoms with Gasteiger partial charge in [-0.25, -0.2) is 19.8 Å². The number of ether oxygens (including phenoxy) is 1. The molecule has 2 aliphatic heterocycles. The SMILES string of the molecule is COc1ccc(N2CCC(Cn3c(=O)n(C)n4c5c(nc34)N(N)CN=C5c3ccco3)C2)cc1. The van der Waals surface area contributed by atoms with Gasteiger partial charge >= 0.3 is 5.69 Å². The monoisotopic (exact) mass is 462 g/mol. The number of anilines is 2. The third-order valence-corrected chi connectivity index (χ3v) is 6.66. The molecule has 1 aromatic carbocycles. The summed E-state index contributed by atoms with van der Waals surface area (Å²) >= 11 is 0. The van der Waals surface area contributed by atoms with Gasteiger partial charge in [-0.2, -0.15) is 4.98 Å². The highest BCUT2D eigenvalue weighted by Crippen LogP contribution is 2.29. The van der Waals surface area contributed by atoms with Crippen molar-refractivity contribution in [2.75, 3.05) is 36.8 Å². The fourth-order valence-corrected chi connectivity index (χ4v) is 4.92. The Morgan fingerprint density at radius 3 is 2.79 bits per heavy atom. The van der Waals surface area contributed by atoms with E-state index in [2.05, 4.69) is 22.0 Å². The fraction of sp³-hybridized carbons (Fsp3) is 0.348. The van der Waals surface area contributed by atoms with E-state index in [4.69, 9.17) is 20.0 Å². The molecule has 3 aromatic heterocycles. The molecular weight excluding hydrogens is 436 g/mol. The first-order valence-corrected chi connectivity index (χ1v) is 11.2. The Bertz CT molecular complexity index is 1430. The first-order valence-electron chi connectivity index (χ1n) is 11.2. The van der Waals surface area contributed by atoms with E-state index < -0.39 is 0 Å². The van der Waals surface area contributed by atoms with Crippen LogP contribution in [0.25, 0.3) is 5.78 Å². The van der Waals surface area contributed by atoms with Crippen molar-refractivity contribution >= 4 is 23.0 Å². The van der Waals surface area contributed by atoms with Crippen LogP contribution < -0.4 is 26.2 Å². The van der Waals surface area contributed by atoms with Crippen LogP contribution in [0, 0.1) is 5.92 Å². The number of aromatic nitrogens is 4. The van der Waals surface area contributed by atoms with Crippen LogP contribution >= 0.6 is 0 Å². The van der Waals surface area contributed by atoms with Gasteiger partial charge in [0.1, 0.15) is 23.8 Å². The Morgan fingerprint density at radius 1 is 1.24 bits per heavy atom. The highest BCUT2D eigenvalue weighted by Gasteiger charge is 2.32. The molecule has 0 saturated carbocycles. The Morgan fingerprint density at radius 2 is 2.06 bits per heavy atom. The lowest BCUT2D eigenvalue weighted by atomic mass is 10.1. The Kier molecular flexibility index (Phi) is 4.73. The molecule has 2 aliphatic rings. The third kappa shape index (κ3) is 3.11. The van der Waals surface area contributed by atoms with Gasteiger partial charge < -0.3 is 14.1 Å². The summed E-state index contributed by atoms with van der Waals surface area (Å²) in [5.74, 6) is 9.09. The fourth-order valence-electron chi connectivity index (χ4n) is 4.92. The predicted molar refractivity (Wildman–Crippen MR) is 128 cm³/mol. The van der Waals surface area contributed by atoms with Crippen LogP contribution in [-0.4, -0.2) is 51.3 Å². The van der Waals surface area contributed by atoms with E-state index in [1.807, 2.05) is 24.3 Å². The third-order valence-electron chi connectivity index (χ3n) is 6.66. The van der Waals surface area contributed by atoms with Gasteiger partial charge in [-0.05, 0) is 48.7 Å². The van der Waals surface area contributed by atoms with Gasteiger partial charge in [-0.15, -0.1) is 0 Å². The van der Waals surface area contributed by atoms with Crippen molar-refractivity contribution in [3.05, 3.63) is 64.6 Å². The molecule has 11 heteroatoms. The average molecular weight is 463 g/mol. The summed E-state index contributed by atoms with van der Waals surface area (Å²) in [4.78, 5) is 24.9. The molecule has 2 N–H and O–H groups in total. The lowest BCUT2D eigenvalue weighted by molar-refractivity contribution is 0.415. The molecule has 0 amide bonds. The molecule has 176 valence electrons. The maximum atomic E-state index is 13.2. The molecular formula is C23H26N8O3. The molecule has 1 fully saturated rings. The number of hydrogen-bond acceptors (Lipinski definition) is 8. The number of aliphatic imine (C=N–C) groups is 1. The number of fused-ring (bicyclic) bond motifs is 3. The normalized spacial score (nSPS) is 18.0. The van der Waals surface area contributed by atoms with Crippen LogP contribution in [-0.2, 0) is 13.6 Å². The molecule has 0 aliphatic carbocycles. The Balaban J connectivity index is 1.33. The summed E-state index contributed by atoms with van der Waals surface area (Å²) in [5.41, 5.74) is 2.32. The second-order valence-electron chi connectivity index (χ2n) is 8.71. The maximum absolute atomic E-state index is 13.2. The van der Waals surface area contributed by atoms with Gasteiger partial charge in [0, 0.05) is 32.4 Å². The number of imidazole rings is 1. The van der Waals surface area contributed by atoms with Gasteiger partial charge in [0.2, 0.25) is 5.78 Å². The first kappa shape index (κ1) is 20.6. The number of aryl methyl sites for hydroxylation is 1. The molecule has 34 heavy (non-hydrogen) atoms. The van der Waals surface area contributed by atoms with Crippen molar-refractivity contribution < 1.29 is 9.15 Å². The largest absolute Gasteiger partial charge is 0.497 e. The molecule has 0 radical (unpaired) electrons. The standard InChI is InChI=1S/C23H26N8O3/c1-27-23(32)29(13-15-9-10-28(12-15)16-5-7-17(33-2)8-6-16)22-26-21-20(31(22)27)19(25-14-30(21)24)18-4-3-11-34-18/h3-8,11,15H,9-10,12-14,24H2,1-2H3. The molecule has 1 saturated heterocycles. The van der Waals surface area contributed by atoms with Crippen molar-refractivity contribution in [2.24, 2.45) is 23.8 Å². The molecule has 0 spiro atoms. The van der Waals surface area contributed by atoms with Crippen LogP contribution in [0.3, 0.4) is 0 Å². The Hall–Kier alpha value is -3.99. The zero-order valence-corrected chi connectivity index (χ0v) is 19.1. The highest BCUT2D eigenvalue weighted by atomic mass is 16.5. The molecule has 6 rings (SSSR count). The first-order chi connectivity index (χ1) is 16.5. The quantitative estimate of drug-likeness (QED) is 0.447. The predicted octanol–water partition coefficient (Wildman–Crippen LogP) is 1.45. The minimum Gasteiger partial charge on any atom is -0.497 e. The second-order valence-corrected chi connectivity index (χ2v) is 8.71. The van der Waals surface area contributed by atoms with Crippen LogP contribution in [0.5, 0.6) is 5.75 Å². The van der Waals surface area contributed by atoms with Gasteiger partial charge in [0.15, 0.2) is 11.6 Å². The lowest BCUT2D eigenvalue weighted by Crippen LogP contribution is -2.37. The molecule has 11 nitrogen and oxygen atoms in total. The summed E-state index contributed by atoms with van der Waals surface area (Å²) in [6.07, 6.45) is 2.59. The van der Waals surface area contributed by atoms with E-state index in [1.165, 1.54) is 5.01 Å². The molecule has 4 aromatic rings. The minimum absolute atomic E-state index is 0.124. The van der Waals surface area contributed by atoms with Crippen LogP contribution in [0.15, 0.2) is 56.9 Å². The summed E-state index contributed by atoms with van der Waals surface area (Å²) < 4.78 is 16.0. The number of nitrogens with zero attached hydrogens (tertiary/aromatic N) is 7. The molecule has 1 atom stereocenters. The summed E-state index contributed by atoms with van der Waals surface area (Å²) in [6, 6.07) is 11.7. The van der Waals surface area contributed by atoms with Gasteiger partial charge in [-0.3, -0.25) is 14.6 Å². The average Bonchev–Trinajstić information content (AvgIpc) is 3.64. The van der Waals surface area contributed by atoms with E-state index >= 15 is 0 Å². The van der Waals surface area contributed by atoms with E-state index in [9.17, 15) is 4.79 Å². The number of benzene rings is 1. The van der Waals surface area contributed by atoms with Gasteiger partial charge in [-0.1, -0.05) is 0 Å². The van der Waals surface area contributed by atoms with Crippen LogP contribution in [0.4, 0.5) is 11.5 Å². The molecule has 5 heterocycles. The van der Waals surface area contributed by atoms with Crippen LogP contribution in [0.2, 0.25) is 0 Å². The second kappa shape index (κ2) is 7.80. The summed E-state index contributed by atoms with van der Waals surface area (Å²) in [5, 5.41) is 1.49. The minimum atomic E-state index is -0.124. The topological polar surface area (TPSA) is 111 Å². The highest BCUT2D eigenvalue weighted by molar-refractivity contribution is 6.14. The number of hydrogen-bond donors (Lipinski definition) is 1. The van der Waals surface area contributed by atoms with Crippen molar-refractivity contribution in [3.63, 3.8) is 0 Å². The van der Waals surface area contributed by atoms with Crippen molar-refractivity contribution in [1.29, 1.82) is 0 Å². The Labute approximate surface area is 195 Å². The number of nitrogens with two attached hydrogens (primary N) is 1.